The number of ether oxygens (including phenoxy) is 1. The highest BCUT2D eigenvalue weighted by Gasteiger charge is 2.29. The van der Waals surface area contributed by atoms with Gasteiger partial charge < -0.3 is 15.0 Å². The number of hydrogen-bond acceptors (Lipinski definition) is 7. The van der Waals surface area contributed by atoms with Gasteiger partial charge in [-0.15, -0.1) is 0 Å². The number of carbonyl (C=O) groups excluding carboxylic acids is 1. The molecule has 2 aromatic rings. The summed E-state index contributed by atoms with van der Waals surface area (Å²) in [5, 5.41) is 25.7. The molecule has 1 fully saturated rings. The van der Waals surface area contributed by atoms with Crippen LogP contribution in [0.15, 0.2) is 36.4 Å². The van der Waals surface area contributed by atoms with Gasteiger partial charge in [-0.25, -0.2) is 0 Å². The molecular formula is C21H24N4O6. The maximum absolute atomic E-state index is 12.8. The first-order valence-corrected chi connectivity index (χ1v) is 9.79. The van der Waals surface area contributed by atoms with Crippen molar-refractivity contribution in [2.45, 2.75) is 26.2 Å². The van der Waals surface area contributed by atoms with Gasteiger partial charge in [-0.1, -0.05) is 32.9 Å². The van der Waals surface area contributed by atoms with E-state index in [-0.39, 0.29) is 22.5 Å². The Morgan fingerprint density at radius 1 is 1.00 bits per heavy atom. The summed E-state index contributed by atoms with van der Waals surface area (Å²) in [7, 11) is 0. The molecule has 0 aliphatic carbocycles. The van der Waals surface area contributed by atoms with E-state index in [0.29, 0.717) is 31.9 Å². The van der Waals surface area contributed by atoms with E-state index in [1.165, 1.54) is 6.07 Å². The summed E-state index contributed by atoms with van der Waals surface area (Å²) >= 11 is 0. The van der Waals surface area contributed by atoms with Gasteiger partial charge in [0, 0.05) is 18.7 Å². The molecule has 10 heteroatoms. The molecule has 1 N–H and O–H groups in total. The van der Waals surface area contributed by atoms with Crippen LogP contribution in [-0.2, 0) is 10.2 Å². The van der Waals surface area contributed by atoms with E-state index in [1.54, 1.807) is 17.0 Å². The van der Waals surface area contributed by atoms with Gasteiger partial charge in [0.1, 0.15) is 11.4 Å². The van der Waals surface area contributed by atoms with Gasteiger partial charge in [-0.05, 0) is 29.2 Å². The predicted molar refractivity (Wildman–Crippen MR) is 116 cm³/mol. The first-order valence-electron chi connectivity index (χ1n) is 9.79. The normalized spacial score (nSPS) is 14.2. The molecule has 1 aliphatic heterocycles. The summed E-state index contributed by atoms with van der Waals surface area (Å²) in [6.45, 7) is 7.73. The van der Waals surface area contributed by atoms with E-state index < -0.39 is 21.4 Å². The summed E-state index contributed by atoms with van der Waals surface area (Å²) < 4.78 is 5.28. The summed E-state index contributed by atoms with van der Waals surface area (Å²) in [5.74, 6) is -0.537. The Morgan fingerprint density at radius 2 is 1.58 bits per heavy atom. The van der Waals surface area contributed by atoms with Gasteiger partial charge in [-0.3, -0.25) is 25.0 Å². The first kappa shape index (κ1) is 22.2. The summed E-state index contributed by atoms with van der Waals surface area (Å²) in [6.07, 6.45) is 0. The number of nitrogens with zero attached hydrogens (tertiary/aromatic N) is 3. The third-order valence-corrected chi connectivity index (χ3v) is 5.10. The molecule has 2 aromatic carbocycles. The molecule has 1 aliphatic rings. The molecule has 0 bridgehead atoms. The van der Waals surface area contributed by atoms with Crippen LogP contribution in [0.4, 0.5) is 22.7 Å². The lowest BCUT2D eigenvalue weighted by atomic mass is 9.87. The molecule has 3 rings (SSSR count). The number of nitro groups is 2. The van der Waals surface area contributed by atoms with Crippen LogP contribution in [0.3, 0.4) is 0 Å². The molecule has 31 heavy (non-hydrogen) atoms. The van der Waals surface area contributed by atoms with Crippen molar-refractivity contribution in [1.29, 1.82) is 0 Å². The van der Waals surface area contributed by atoms with Crippen LogP contribution in [0.1, 0.15) is 36.7 Å². The zero-order valence-corrected chi connectivity index (χ0v) is 17.6. The average Bonchev–Trinajstić information content (AvgIpc) is 2.73. The number of hydrogen-bond donors (Lipinski definition) is 1. The van der Waals surface area contributed by atoms with Crippen molar-refractivity contribution in [3.63, 3.8) is 0 Å². The number of carbonyl (C=O) groups is 1. The fraction of sp³-hybridized carbons (Fsp3) is 0.381. The van der Waals surface area contributed by atoms with Crippen molar-refractivity contribution in [2.75, 3.05) is 36.5 Å². The van der Waals surface area contributed by atoms with Gasteiger partial charge >= 0.3 is 0 Å². The Balaban J connectivity index is 1.97. The fourth-order valence-electron chi connectivity index (χ4n) is 3.34. The highest BCUT2D eigenvalue weighted by molar-refractivity contribution is 6.06. The molecule has 0 unspecified atom stereocenters. The van der Waals surface area contributed by atoms with Crippen LogP contribution >= 0.6 is 0 Å². The maximum atomic E-state index is 12.8. The highest BCUT2D eigenvalue weighted by Crippen LogP contribution is 2.38. The van der Waals surface area contributed by atoms with Gasteiger partial charge in [-0.2, -0.15) is 0 Å². The van der Waals surface area contributed by atoms with Crippen LogP contribution in [0.5, 0.6) is 0 Å². The van der Waals surface area contributed by atoms with E-state index in [9.17, 15) is 25.0 Å². The Bertz CT molecular complexity index is 1010. The molecule has 1 amide bonds. The largest absolute Gasteiger partial charge is 0.378 e. The number of nitro benzene ring substituents is 2. The molecule has 1 saturated heterocycles. The van der Waals surface area contributed by atoms with Crippen molar-refractivity contribution < 1.29 is 19.4 Å². The summed E-state index contributed by atoms with van der Waals surface area (Å²) in [6, 6.07) is 9.15. The van der Waals surface area contributed by atoms with E-state index >= 15 is 0 Å². The minimum Gasteiger partial charge on any atom is -0.378 e. The fourth-order valence-corrected chi connectivity index (χ4v) is 3.34. The zero-order valence-electron chi connectivity index (χ0n) is 17.6. The minimum atomic E-state index is -0.742. The topological polar surface area (TPSA) is 128 Å². The molecular weight excluding hydrogens is 404 g/mol. The molecule has 0 aromatic heterocycles. The third kappa shape index (κ3) is 4.97. The van der Waals surface area contributed by atoms with Crippen LogP contribution in [0.25, 0.3) is 0 Å². The Hall–Kier alpha value is -3.53. The lowest BCUT2D eigenvalue weighted by Crippen LogP contribution is -2.36. The second kappa shape index (κ2) is 8.68. The zero-order chi connectivity index (χ0) is 22.8. The quantitative estimate of drug-likeness (QED) is 0.565. The number of nitrogens with one attached hydrogen (secondary N) is 1. The van der Waals surface area contributed by atoms with Crippen molar-refractivity contribution in [2.24, 2.45) is 0 Å². The third-order valence-electron chi connectivity index (χ3n) is 5.10. The number of morpholine rings is 1. The highest BCUT2D eigenvalue weighted by atomic mass is 16.6. The predicted octanol–water partition coefficient (Wildman–Crippen LogP) is 3.89. The van der Waals surface area contributed by atoms with Crippen LogP contribution in [-0.4, -0.2) is 42.1 Å². The summed E-state index contributed by atoms with van der Waals surface area (Å²) in [5.41, 5.74) is 0.469. The number of amides is 1. The SMILES string of the molecule is CC(C)(C)c1ccc(C(=O)Nc2cc(N3CCOCC3)c([N+](=O)[O-])cc2[N+](=O)[O-])cc1. The van der Waals surface area contributed by atoms with Crippen molar-refractivity contribution in [1.82, 2.24) is 0 Å². The Labute approximate surface area is 179 Å². The van der Waals surface area contributed by atoms with Crippen LogP contribution in [0, 0.1) is 20.2 Å². The Morgan fingerprint density at radius 3 is 2.10 bits per heavy atom. The first-order chi connectivity index (χ1) is 14.6. The molecule has 0 saturated carbocycles. The lowest BCUT2D eigenvalue weighted by Gasteiger charge is -2.28. The second-order valence-corrected chi connectivity index (χ2v) is 8.25. The molecule has 1 heterocycles. The number of anilines is 2. The van der Waals surface area contributed by atoms with Gasteiger partial charge in [0.25, 0.3) is 17.3 Å². The second-order valence-electron chi connectivity index (χ2n) is 8.25. The van der Waals surface area contributed by atoms with Crippen molar-refractivity contribution in [3.05, 3.63) is 67.8 Å². The van der Waals surface area contributed by atoms with Gasteiger partial charge in [0.15, 0.2) is 0 Å². The molecule has 164 valence electrons. The smallest absolute Gasteiger partial charge is 0.299 e. The molecule has 0 spiro atoms. The molecule has 10 nitrogen and oxygen atoms in total. The maximum Gasteiger partial charge on any atom is 0.299 e. The lowest BCUT2D eigenvalue weighted by molar-refractivity contribution is -0.393. The average molecular weight is 428 g/mol. The number of rotatable bonds is 5. The van der Waals surface area contributed by atoms with E-state index in [4.69, 9.17) is 4.74 Å². The number of benzene rings is 2. The van der Waals surface area contributed by atoms with Gasteiger partial charge in [0.2, 0.25) is 0 Å². The molecule has 0 radical (unpaired) electrons. The van der Waals surface area contributed by atoms with Gasteiger partial charge in [0.05, 0.1) is 29.1 Å². The van der Waals surface area contributed by atoms with Crippen LogP contribution < -0.4 is 10.2 Å². The monoisotopic (exact) mass is 428 g/mol. The van der Waals surface area contributed by atoms with E-state index in [2.05, 4.69) is 26.1 Å². The Kier molecular flexibility index (Phi) is 6.21. The standard InChI is InChI=1S/C21H24N4O6/c1-21(2,3)15-6-4-14(5-7-15)20(26)22-16-12-18(23-8-10-31-11-9-23)19(25(29)30)13-17(16)24(27)28/h4-7,12-13H,8-11H2,1-3H3,(H,22,26). The van der Waals surface area contributed by atoms with E-state index in [1.807, 2.05) is 12.1 Å². The van der Waals surface area contributed by atoms with Crippen molar-refractivity contribution in [3.8, 4) is 0 Å². The summed E-state index contributed by atoms with van der Waals surface area (Å²) in [4.78, 5) is 36.2. The minimum absolute atomic E-state index is 0.0841. The van der Waals surface area contributed by atoms with E-state index in [0.717, 1.165) is 11.6 Å². The van der Waals surface area contributed by atoms with Crippen LogP contribution in [0.2, 0.25) is 0 Å². The van der Waals surface area contributed by atoms with Crippen molar-refractivity contribution >= 4 is 28.7 Å². The molecule has 0 atom stereocenters.